The zero-order chi connectivity index (χ0) is 13.2. The monoisotopic (exact) mass is 251 g/mol. The molecule has 0 saturated heterocycles. The zero-order valence-electron chi connectivity index (χ0n) is 10.5. The van der Waals surface area contributed by atoms with Crippen molar-refractivity contribution in [3.63, 3.8) is 0 Å². The van der Waals surface area contributed by atoms with Crippen LogP contribution < -0.4 is 11.3 Å². The molecule has 0 aliphatic carbocycles. The van der Waals surface area contributed by atoms with Crippen LogP contribution in [0.5, 0.6) is 0 Å². The number of benzene rings is 1. The minimum atomic E-state index is 0.560. The van der Waals surface area contributed by atoms with E-state index in [1.54, 1.807) is 12.3 Å². The third-order valence-electron chi connectivity index (χ3n) is 2.96. The van der Waals surface area contributed by atoms with E-state index in [0.717, 1.165) is 22.2 Å². The average Bonchev–Trinajstić information content (AvgIpc) is 2.47. The van der Waals surface area contributed by atoms with Crippen LogP contribution in [0.1, 0.15) is 5.56 Å². The smallest absolute Gasteiger partial charge is 0.180 e. The molecular weight excluding hydrogens is 238 g/mol. The maximum Gasteiger partial charge on any atom is 0.180 e. The van der Waals surface area contributed by atoms with Crippen LogP contribution in [0.15, 0.2) is 42.6 Å². The van der Waals surface area contributed by atoms with E-state index in [1.165, 1.54) is 0 Å². The lowest BCUT2D eigenvalue weighted by atomic mass is 10.1. The molecule has 0 bridgehead atoms. The lowest BCUT2D eigenvalue weighted by Gasteiger charge is -2.06. The number of hydrazine groups is 1. The summed E-state index contributed by atoms with van der Waals surface area (Å²) in [6.45, 7) is 2.05. The third-order valence-corrected chi connectivity index (χ3v) is 2.96. The number of hydrogen-bond donors (Lipinski definition) is 2. The second kappa shape index (κ2) is 4.62. The van der Waals surface area contributed by atoms with Crippen LogP contribution in [-0.2, 0) is 0 Å². The summed E-state index contributed by atoms with van der Waals surface area (Å²) >= 11 is 0. The van der Waals surface area contributed by atoms with Gasteiger partial charge in [-0.1, -0.05) is 18.2 Å². The van der Waals surface area contributed by atoms with Crippen molar-refractivity contribution in [1.29, 1.82) is 0 Å². The molecule has 2 heterocycles. The number of fused-ring (bicyclic) bond motifs is 1. The Hall–Kier alpha value is -2.53. The van der Waals surface area contributed by atoms with Crippen LogP contribution in [-0.4, -0.2) is 15.0 Å². The number of anilines is 1. The van der Waals surface area contributed by atoms with Gasteiger partial charge in [0.25, 0.3) is 0 Å². The first-order valence-corrected chi connectivity index (χ1v) is 5.94. The predicted molar refractivity (Wildman–Crippen MR) is 75.3 cm³/mol. The Kier molecular flexibility index (Phi) is 2.81. The van der Waals surface area contributed by atoms with Crippen LogP contribution in [0.4, 0.5) is 5.82 Å². The van der Waals surface area contributed by atoms with Crippen molar-refractivity contribution >= 4 is 16.7 Å². The Morgan fingerprint density at radius 2 is 1.95 bits per heavy atom. The highest BCUT2D eigenvalue weighted by Crippen LogP contribution is 2.22. The molecule has 0 unspecified atom stereocenters. The minimum absolute atomic E-state index is 0.560. The van der Waals surface area contributed by atoms with Crippen LogP contribution in [0, 0.1) is 6.92 Å². The first-order valence-electron chi connectivity index (χ1n) is 5.94. The molecule has 0 aliphatic heterocycles. The summed E-state index contributed by atoms with van der Waals surface area (Å²) in [5, 5.41) is 1.14. The van der Waals surface area contributed by atoms with E-state index in [4.69, 9.17) is 5.84 Å². The van der Waals surface area contributed by atoms with Gasteiger partial charge in [-0.05, 0) is 24.6 Å². The minimum Gasteiger partial charge on any atom is -0.308 e. The van der Waals surface area contributed by atoms with Gasteiger partial charge in [0.1, 0.15) is 11.5 Å². The molecule has 1 aromatic carbocycles. The molecule has 0 radical (unpaired) electrons. The summed E-state index contributed by atoms with van der Waals surface area (Å²) in [7, 11) is 0. The average molecular weight is 251 g/mol. The van der Waals surface area contributed by atoms with Gasteiger partial charge in [-0.15, -0.1) is 0 Å². The van der Waals surface area contributed by atoms with Crippen molar-refractivity contribution in [2.45, 2.75) is 6.92 Å². The maximum absolute atomic E-state index is 5.36. The normalized spacial score (nSPS) is 10.6. The van der Waals surface area contributed by atoms with Crippen molar-refractivity contribution in [2.24, 2.45) is 5.84 Å². The highest BCUT2D eigenvalue weighted by Gasteiger charge is 2.07. The highest BCUT2D eigenvalue weighted by atomic mass is 15.3. The van der Waals surface area contributed by atoms with Crippen molar-refractivity contribution in [2.75, 3.05) is 5.43 Å². The third kappa shape index (κ3) is 2.11. The van der Waals surface area contributed by atoms with E-state index in [9.17, 15) is 0 Å². The van der Waals surface area contributed by atoms with Gasteiger partial charge in [-0.25, -0.2) is 20.8 Å². The molecule has 0 saturated carbocycles. The number of nitrogens with zero attached hydrogens (tertiary/aromatic N) is 3. The first-order chi connectivity index (χ1) is 9.28. The van der Waals surface area contributed by atoms with Crippen molar-refractivity contribution in [1.82, 2.24) is 15.0 Å². The fourth-order valence-electron chi connectivity index (χ4n) is 2.03. The lowest BCUT2D eigenvalue weighted by Crippen LogP contribution is -2.09. The molecule has 19 heavy (non-hydrogen) atoms. The van der Waals surface area contributed by atoms with Crippen LogP contribution >= 0.6 is 0 Å². The fraction of sp³-hybridized carbons (Fsp3) is 0.0714. The topological polar surface area (TPSA) is 76.7 Å². The molecule has 94 valence electrons. The van der Waals surface area contributed by atoms with Crippen molar-refractivity contribution < 1.29 is 0 Å². The molecule has 0 atom stereocenters. The Morgan fingerprint density at radius 1 is 1.11 bits per heavy atom. The summed E-state index contributed by atoms with van der Waals surface area (Å²) in [5.74, 6) is 6.48. The Morgan fingerprint density at radius 3 is 2.79 bits per heavy atom. The van der Waals surface area contributed by atoms with Gasteiger partial charge >= 0.3 is 0 Å². The summed E-state index contributed by atoms with van der Waals surface area (Å²) in [6, 6.07) is 11.7. The largest absolute Gasteiger partial charge is 0.308 e. The van der Waals surface area contributed by atoms with Gasteiger partial charge in [-0.2, -0.15) is 0 Å². The van der Waals surface area contributed by atoms with Crippen molar-refractivity contribution in [3.05, 3.63) is 48.2 Å². The van der Waals surface area contributed by atoms with Crippen LogP contribution in [0.2, 0.25) is 0 Å². The molecule has 2 aromatic heterocycles. The fourth-order valence-corrected chi connectivity index (χ4v) is 2.03. The molecule has 5 heteroatoms. The lowest BCUT2D eigenvalue weighted by molar-refractivity contribution is 1.12. The van der Waals surface area contributed by atoms with E-state index in [2.05, 4.69) is 33.4 Å². The van der Waals surface area contributed by atoms with Crippen LogP contribution in [0.3, 0.4) is 0 Å². The van der Waals surface area contributed by atoms with E-state index < -0.39 is 0 Å². The molecule has 3 rings (SSSR count). The van der Waals surface area contributed by atoms with Gasteiger partial charge in [0, 0.05) is 17.6 Å². The summed E-state index contributed by atoms with van der Waals surface area (Å²) in [4.78, 5) is 13.1. The molecule has 0 spiro atoms. The first kappa shape index (κ1) is 11.6. The molecule has 0 amide bonds. The maximum atomic E-state index is 5.36. The predicted octanol–water partition coefficient (Wildman–Crippen LogP) is 2.29. The van der Waals surface area contributed by atoms with E-state index in [-0.39, 0.29) is 0 Å². The van der Waals surface area contributed by atoms with Crippen LogP contribution in [0.25, 0.3) is 22.4 Å². The Labute approximate surface area is 110 Å². The number of aryl methyl sites for hydroxylation is 1. The van der Waals surface area contributed by atoms with Crippen molar-refractivity contribution in [3.8, 4) is 11.5 Å². The zero-order valence-corrected chi connectivity index (χ0v) is 10.5. The molecule has 5 nitrogen and oxygen atoms in total. The molecule has 0 aliphatic rings. The van der Waals surface area contributed by atoms with Gasteiger partial charge in [-0.3, -0.25) is 0 Å². The van der Waals surface area contributed by atoms with Gasteiger partial charge in [0.2, 0.25) is 0 Å². The summed E-state index contributed by atoms with van der Waals surface area (Å²) in [6.07, 6.45) is 1.66. The molecule has 3 aromatic rings. The standard InChI is InChI=1S/C14H13N5/c1-9-8-12(14-16-7-6-13(18-14)19-15)17-11-5-3-2-4-10(9)11/h2-8H,15H2,1H3,(H,16,18,19). The Balaban J connectivity index is 2.19. The number of pyridine rings is 1. The summed E-state index contributed by atoms with van der Waals surface area (Å²) < 4.78 is 0. The molecule has 3 N–H and O–H groups in total. The second-order valence-corrected chi connectivity index (χ2v) is 4.25. The SMILES string of the molecule is Cc1cc(-c2nccc(NN)n2)nc2ccccc12. The van der Waals surface area contributed by atoms with Gasteiger partial charge in [0.15, 0.2) is 5.82 Å². The second-order valence-electron chi connectivity index (χ2n) is 4.25. The van der Waals surface area contributed by atoms with E-state index in [0.29, 0.717) is 11.6 Å². The number of para-hydroxylation sites is 1. The number of nitrogens with two attached hydrogens (primary N) is 1. The summed E-state index contributed by atoms with van der Waals surface area (Å²) in [5.41, 5.74) is 5.34. The number of nitrogens with one attached hydrogen (secondary N) is 1. The van der Waals surface area contributed by atoms with E-state index in [1.807, 2.05) is 24.3 Å². The number of hydrogen-bond acceptors (Lipinski definition) is 5. The number of rotatable bonds is 2. The van der Waals surface area contributed by atoms with Gasteiger partial charge in [0.05, 0.1) is 5.52 Å². The molecular formula is C14H13N5. The number of aromatic nitrogens is 3. The highest BCUT2D eigenvalue weighted by molar-refractivity contribution is 5.84. The van der Waals surface area contributed by atoms with Gasteiger partial charge < -0.3 is 5.43 Å². The Bertz CT molecular complexity index is 739. The van der Waals surface area contributed by atoms with E-state index >= 15 is 0 Å². The number of nitrogen functional groups attached to an aromatic ring is 1. The quantitative estimate of drug-likeness (QED) is 0.539. The molecule has 0 fully saturated rings.